The van der Waals surface area contributed by atoms with E-state index in [1.165, 1.54) is 5.56 Å². The number of fused-ring (bicyclic) bond motifs is 3. The van der Waals surface area contributed by atoms with Crippen LogP contribution in [-0.2, 0) is 6.42 Å². The van der Waals surface area contributed by atoms with Crippen molar-refractivity contribution in [3.05, 3.63) is 35.9 Å². The summed E-state index contributed by atoms with van der Waals surface area (Å²) in [6.07, 6.45) is 10.3. The molecular formula is C19H33Cl2NO. The Hall–Kier alpha value is -0.280. The van der Waals surface area contributed by atoms with Gasteiger partial charge in [0.25, 0.3) is 0 Å². The van der Waals surface area contributed by atoms with Crippen molar-refractivity contribution in [2.75, 3.05) is 14.1 Å². The average Bonchev–Trinajstić information content (AvgIpc) is 2.50. The van der Waals surface area contributed by atoms with E-state index < -0.39 is 0 Å². The summed E-state index contributed by atoms with van der Waals surface area (Å²) in [5.74, 6) is 2.31. The lowest BCUT2D eigenvalue weighted by Gasteiger charge is -2.35. The van der Waals surface area contributed by atoms with E-state index in [2.05, 4.69) is 12.1 Å². The first-order chi connectivity index (χ1) is 9.95. The fourth-order valence-corrected chi connectivity index (χ4v) is 3.46. The Kier molecular flexibility index (Phi) is 10.4. The van der Waals surface area contributed by atoms with Crippen LogP contribution < -0.4 is 12.4 Å². The molecule has 23 heavy (non-hydrogen) atoms. The van der Waals surface area contributed by atoms with Crippen LogP contribution >= 0.6 is 12.4 Å². The second-order valence-corrected chi connectivity index (χ2v) is 7.48. The lowest BCUT2D eigenvalue weighted by atomic mass is 9.71. The van der Waals surface area contributed by atoms with Gasteiger partial charge in [0.05, 0.1) is 14.1 Å². The molecule has 3 aliphatic rings. The molecule has 3 aliphatic carbocycles. The highest BCUT2D eigenvalue weighted by Crippen LogP contribution is 2.40. The van der Waals surface area contributed by atoms with Crippen LogP contribution in [0.5, 0.6) is 0 Å². The summed E-state index contributed by atoms with van der Waals surface area (Å²) in [6, 6.07) is 10.5. The molecule has 1 atom stereocenters. The van der Waals surface area contributed by atoms with Gasteiger partial charge in [0.15, 0.2) is 0 Å². The number of rotatable bonds is 3. The summed E-state index contributed by atoms with van der Waals surface area (Å²) >= 11 is 0. The van der Waals surface area contributed by atoms with Crippen molar-refractivity contribution in [2.45, 2.75) is 57.9 Å². The van der Waals surface area contributed by atoms with Gasteiger partial charge in [-0.1, -0.05) is 68.9 Å². The molecule has 0 amide bonds. The number of hydrogen-bond acceptors (Lipinski definition) is 1. The maximum atomic E-state index is 9.68. The van der Waals surface area contributed by atoms with Crippen molar-refractivity contribution in [1.29, 1.82) is 0 Å². The minimum absolute atomic E-state index is 0. The third-order valence-electron chi connectivity index (χ3n) is 5.40. The second kappa shape index (κ2) is 10.6. The first kappa shape index (κ1) is 22.7. The smallest absolute Gasteiger partial charge is 0.120 e. The molecule has 4 rings (SSSR count). The highest BCUT2D eigenvalue weighted by molar-refractivity contribution is 5.85. The van der Waals surface area contributed by atoms with Gasteiger partial charge in [0.1, 0.15) is 6.04 Å². The van der Waals surface area contributed by atoms with Gasteiger partial charge in [-0.3, -0.25) is 0 Å². The SMILES string of the molecule is C1CC2CCC1CC2.CC(Cc1ccccc1)[N+](C)(C)O.Cl.[Cl-]. The standard InChI is InChI=1S/C11H18NO.C8H14.2ClH/c1-10(12(2,3)13)9-11-7-5-4-6-8-11;1-2-8-5-3-7(1)4-6-8;;/h4-8,10,13H,9H2,1-3H3;7-8H,1-6H2;2*1H/q+1;;;/p-1. The zero-order chi connectivity index (χ0) is 15.3. The van der Waals surface area contributed by atoms with Gasteiger partial charge in [0, 0.05) is 6.42 Å². The Labute approximate surface area is 154 Å². The number of nitrogens with zero attached hydrogens (tertiary/aromatic N) is 1. The van der Waals surface area contributed by atoms with E-state index in [9.17, 15) is 5.21 Å². The molecule has 1 N–H and O–H groups in total. The minimum Gasteiger partial charge on any atom is -1.00 e. The Morgan fingerprint density at radius 3 is 1.65 bits per heavy atom. The molecule has 0 heterocycles. The Bertz CT molecular complexity index is 388. The van der Waals surface area contributed by atoms with Crippen LogP contribution in [0.15, 0.2) is 30.3 Å². The predicted octanol–water partition coefficient (Wildman–Crippen LogP) is 2.10. The molecule has 3 saturated carbocycles. The van der Waals surface area contributed by atoms with Gasteiger partial charge < -0.3 is 12.4 Å². The zero-order valence-electron chi connectivity index (χ0n) is 14.7. The molecule has 0 radical (unpaired) electrons. The van der Waals surface area contributed by atoms with Crippen molar-refractivity contribution in [3.8, 4) is 0 Å². The number of benzene rings is 1. The van der Waals surface area contributed by atoms with E-state index in [1.807, 2.05) is 25.1 Å². The summed E-state index contributed by atoms with van der Waals surface area (Å²) in [5.41, 5.74) is 1.27. The lowest BCUT2D eigenvalue weighted by Crippen LogP contribution is -3.00. The fourth-order valence-electron chi connectivity index (χ4n) is 3.46. The molecule has 0 saturated heterocycles. The van der Waals surface area contributed by atoms with E-state index in [4.69, 9.17) is 0 Å². The van der Waals surface area contributed by atoms with Gasteiger partial charge in [-0.05, 0) is 24.3 Å². The van der Waals surface area contributed by atoms with Crippen LogP contribution in [0.4, 0.5) is 0 Å². The molecule has 2 nitrogen and oxygen atoms in total. The first-order valence-electron chi connectivity index (χ1n) is 8.55. The van der Waals surface area contributed by atoms with Crippen molar-refractivity contribution in [2.24, 2.45) is 11.8 Å². The molecule has 4 heteroatoms. The maximum absolute atomic E-state index is 9.68. The second-order valence-electron chi connectivity index (χ2n) is 7.48. The molecule has 3 fully saturated rings. The van der Waals surface area contributed by atoms with Crippen molar-refractivity contribution >= 4 is 12.4 Å². The number of hydroxylamine groups is 3. The normalized spacial score (nSPS) is 23.7. The summed E-state index contributed by atoms with van der Waals surface area (Å²) in [4.78, 5) is 0. The first-order valence-corrected chi connectivity index (χ1v) is 8.55. The Morgan fingerprint density at radius 1 is 0.957 bits per heavy atom. The summed E-state index contributed by atoms with van der Waals surface area (Å²) < 4.78 is 0.0227. The Balaban J connectivity index is 0.000000418. The van der Waals surface area contributed by atoms with Gasteiger partial charge >= 0.3 is 0 Å². The van der Waals surface area contributed by atoms with Gasteiger partial charge in [-0.25, -0.2) is 5.21 Å². The number of quaternary nitrogens is 1. The largest absolute Gasteiger partial charge is 1.00 e. The zero-order valence-corrected chi connectivity index (χ0v) is 16.3. The molecule has 1 unspecified atom stereocenters. The molecule has 0 spiro atoms. The summed E-state index contributed by atoms with van der Waals surface area (Å²) in [5, 5.41) is 9.68. The van der Waals surface area contributed by atoms with E-state index in [0.29, 0.717) is 0 Å². The highest BCUT2D eigenvalue weighted by Gasteiger charge is 2.26. The van der Waals surface area contributed by atoms with E-state index in [0.717, 1.165) is 18.3 Å². The molecule has 0 aliphatic heterocycles. The third-order valence-corrected chi connectivity index (χ3v) is 5.40. The topological polar surface area (TPSA) is 20.2 Å². The van der Waals surface area contributed by atoms with Crippen LogP contribution in [0.1, 0.15) is 51.0 Å². The van der Waals surface area contributed by atoms with Crippen molar-refractivity contribution in [3.63, 3.8) is 0 Å². The molecule has 2 bridgehead atoms. The maximum Gasteiger partial charge on any atom is 0.120 e. The predicted molar refractivity (Wildman–Crippen MR) is 95.4 cm³/mol. The molecule has 134 valence electrons. The fraction of sp³-hybridized carbons (Fsp3) is 0.684. The van der Waals surface area contributed by atoms with Gasteiger partial charge in [-0.15, -0.1) is 12.4 Å². The van der Waals surface area contributed by atoms with E-state index in [-0.39, 0.29) is 35.5 Å². The molecule has 1 aromatic carbocycles. The number of halogens is 2. The van der Waals surface area contributed by atoms with Crippen molar-refractivity contribution < 1.29 is 22.3 Å². The highest BCUT2D eigenvalue weighted by atomic mass is 35.5. The molecule has 1 aromatic rings. The quantitative estimate of drug-likeness (QED) is 0.645. The van der Waals surface area contributed by atoms with Crippen LogP contribution in [-0.4, -0.2) is 30.0 Å². The van der Waals surface area contributed by atoms with Crippen LogP contribution in [0.3, 0.4) is 0 Å². The van der Waals surface area contributed by atoms with Crippen molar-refractivity contribution in [1.82, 2.24) is 0 Å². The third kappa shape index (κ3) is 7.89. The van der Waals surface area contributed by atoms with E-state index >= 15 is 0 Å². The monoisotopic (exact) mass is 361 g/mol. The van der Waals surface area contributed by atoms with Gasteiger partial charge in [0.2, 0.25) is 0 Å². The van der Waals surface area contributed by atoms with Gasteiger partial charge in [-0.2, -0.15) is 4.65 Å². The van der Waals surface area contributed by atoms with E-state index in [1.54, 1.807) is 52.6 Å². The molecular weight excluding hydrogens is 329 g/mol. The average molecular weight is 362 g/mol. The number of hydrogen-bond donors (Lipinski definition) is 1. The minimum atomic E-state index is 0. The summed E-state index contributed by atoms with van der Waals surface area (Å²) in [6.45, 7) is 2.05. The number of likely N-dealkylation sites (N-methyl/N-ethyl adjacent to an activating group) is 1. The van der Waals surface area contributed by atoms with Crippen LogP contribution in [0.2, 0.25) is 0 Å². The Morgan fingerprint density at radius 2 is 1.35 bits per heavy atom. The molecule has 0 aromatic heterocycles. The van der Waals surface area contributed by atoms with Crippen LogP contribution in [0, 0.1) is 11.8 Å². The summed E-state index contributed by atoms with van der Waals surface area (Å²) in [7, 11) is 3.60. The van der Waals surface area contributed by atoms with Crippen LogP contribution in [0.25, 0.3) is 0 Å². The lowest BCUT2D eigenvalue weighted by molar-refractivity contribution is -1.09.